The van der Waals surface area contributed by atoms with E-state index in [4.69, 9.17) is 14.2 Å². The minimum atomic E-state index is -0.779. The molecule has 0 aromatic carbocycles. The number of hydrogen-bond donors (Lipinski definition) is 0. The van der Waals surface area contributed by atoms with Crippen LogP contribution in [0.25, 0.3) is 0 Å². The molecule has 74 heavy (non-hydrogen) atoms. The molecule has 0 amide bonds. The van der Waals surface area contributed by atoms with Crippen molar-refractivity contribution in [3.63, 3.8) is 0 Å². The molecule has 0 heterocycles. The van der Waals surface area contributed by atoms with E-state index in [9.17, 15) is 14.4 Å². The van der Waals surface area contributed by atoms with Gasteiger partial charge in [0.1, 0.15) is 13.2 Å². The second-order valence-corrected chi connectivity index (χ2v) is 21.3. The lowest BCUT2D eigenvalue weighted by molar-refractivity contribution is -0.167. The molecular formula is C68H120O6. The van der Waals surface area contributed by atoms with Gasteiger partial charge >= 0.3 is 17.9 Å². The largest absolute Gasteiger partial charge is 0.462 e. The number of unbranched alkanes of at least 4 members (excludes halogenated alkanes) is 35. The number of rotatable bonds is 58. The van der Waals surface area contributed by atoms with Crippen LogP contribution in [0.5, 0.6) is 0 Å². The van der Waals surface area contributed by atoms with Crippen LogP contribution in [0.1, 0.15) is 323 Å². The highest BCUT2D eigenvalue weighted by Gasteiger charge is 2.19. The fourth-order valence-corrected chi connectivity index (χ4v) is 9.17. The van der Waals surface area contributed by atoms with Crippen molar-refractivity contribution >= 4 is 17.9 Å². The number of esters is 3. The number of ether oxygens (including phenoxy) is 3. The van der Waals surface area contributed by atoms with Crippen LogP contribution in [0.3, 0.4) is 0 Å². The quantitative estimate of drug-likeness (QED) is 0.0261. The Balaban J connectivity index is 4.17. The Bertz CT molecular complexity index is 1370. The van der Waals surface area contributed by atoms with E-state index in [1.54, 1.807) is 0 Å². The topological polar surface area (TPSA) is 78.9 Å². The van der Waals surface area contributed by atoms with Gasteiger partial charge in [-0.1, -0.05) is 286 Å². The normalized spacial score (nSPS) is 12.5. The van der Waals surface area contributed by atoms with Crippen LogP contribution in [0.4, 0.5) is 0 Å². The molecule has 1 unspecified atom stereocenters. The molecule has 0 aromatic heterocycles. The lowest BCUT2D eigenvalue weighted by Gasteiger charge is -2.18. The summed E-state index contributed by atoms with van der Waals surface area (Å²) in [6.45, 7) is 6.53. The van der Waals surface area contributed by atoms with Crippen molar-refractivity contribution in [2.75, 3.05) is 13.2 Å². The summed E-state index contributed by atoms with van der Waals surface area (Å²) < 4.78 is 16.9. The molecule has 0 aromatic rings. The van der Waals surface area contributed by atoms with Crippen molar-refractivity contribution in [3.05, 3.63) is 72.9 Å². The van der Waals surface area contributed by atoms with Gasteiger partial charge in [-0.05, 0) is 89.9 Å². The Morgan fingerprint density at radius 1 is 0.284 bits per heavy atom. The van der Waals surface area contributed by atoms with Crippen LogP contribution < -0.4 is 0 Å². The molecule has 6 heteroatoms. The maximum absolute atomic E-state index is 12.9. The van der Waals surface area contributed by atoms with Gasteiger partial charge in [-0.3, -0.25) is 14.4 Å². The molecule has 0 fully saturated rings. The molecule has 428 valence electrons. The number of allylic oxidation sites excluding steroid dienone is 12. The second kappa shape index (κ2) is 62.4. The molecule has 0 rings (SSSR count). The van der Waals surface area contributed by atoms with Crippen LogP contribution in [0.2, 0.25) is 0 Å². The van der Waals surface area contributed by atoms with Crippen LogP contribution in [-0.4, -0.2) is 37.2 Å². The summed E-state index contributed by atoms with van der Waals surface area (Å²) in [6.07, 6.45) is 80.6. The highest BCUT2D eigenvalue weighted by molar-refractivity contribution is 5.71. The maximum Gasteiger partial charge on any atom is 0.306 e. The first-order valence-electron chi connectivity index (χ1n) is 31.9. The minimum absolute atomic E-state index is 0.0764. The van der Waals surface area contributed by atoms with Crippen LogP contribution >= 0.6 is 0 Å². The summed E-state index contributed by atoms with van der Waals surface area (Å²) >= 11 is 0. The Labute approximate surface area is 459 Å². The van der Waals surface area contributed by atoms with Gasteiger partial charge in [0.25, 0.3) is 0 Å². The fourth-order valence-electron chi connectivity index (χ4n) is 9.17. The van der Waals surface area contributed by atoms with E-state index in [0.29, 0.717) is 19.3 Å². The van der Waals surface area contributed by atoms with Gasteiger partial charge in [0, 0.05) is 19.3 Å². The van der Waals surface area contributed by atoms with Crippen molar-refractivity contribution in [3.8, 4) is 0 Å². The molecule has 0 saturated heterocycles. The molecule has 0 bridgehead atoms. The number of carbonyl (C=O) groups is 3. The minimum Gasteiger partial charge on any atom is -0.462 e. The molecule has 0 N–H and O–H groups in total. The SMILES string of the molecule is CC/C=C\C/C=C\C/C=C\CCCCCCCCCC(=O)OC(COC(=O)CCCCCCCCCCCC)COC(=O)CCCCCCCCCCCCCCCC/C=C\C/C=C\C/C=C\CCCCCCC. The van der Waals surface area contributed by atoms with Crippen molar-refractivity contribution in [1.29, 1.82) is 0 Å². The van der Waals surface area contributed by atoms with E-state index in [0.717, 1.165) is 96.3 Å². The van der Waals surface area contributed by atoms with Crippen LogP contribution in [-0.2, 0) is 28.6 Å². The first kappa shape index (κ1) is 70.8. The smallest absolute Gasteiger partial charge is 0.306 e. The van der Waals surface area contributed by atoms with E-state index in [-0.39, 0.29) is 31.1 Å². The summed E-state index contributed by atoms with van der Waals surface area (Å²) in [7, 11) is 0. The maximum atomic E-state index is 12.9. The average molecular weight is 1030 g/mol. The zero-order valence-electron chi connectivity index (χ0n) is 49.1. The predicted molar refractivity (Wildman–Crippen MR) is 321 cm³/mol. The van der Waals surface area contributed by atoms with Gasteiger partial charge in [0.15, 0.2) is 6.10 Å². The highest BCUT2D eigenvalue weighted by atomic mass is 16.6. The average Bonchev–Trinajstić information content (AvgIpc) is 3.40. The monoisotopic (exact) mass is 1030 g/mol. The Kier molecular flexibility index (Phi) is 59.7. The third-order valence-corrected chi connectivity index (χ3v) is 13.9. The van der Waals surface area contributed by atoms with E-state index in [1.165, 1.54) is 186 Å². The lowest BCUT2D eigenvalue weighted by atomic mass is 10.0. The van der Waals surface area contributed by atoms with E-state index in [2.05, 4.69) is 93.7 Å². The van der Waals surface area contributed by atoms with Crippen molar-refractivity contribution in [2.45, 2.75) is 329 Å². The third-order valence-electron chi connectivity index (χ3n) is 13.9. The Morgan fingerprint density at radius 2 is 0.527 bits per heavy atom. The van der Waals surface area contributed by atoms with Gasteiger partial charge in [0.2, 0.25) is 0 Å². The Hall–Kier alpha value is -3.15. The van der Waals surface area contributed by atoms with E-state index < -0.39 is 6.10 Å². The van der Waals surface area contributed by atoms with Crippen molar-refractivity contribution in [1.82, 2.24) is 0 Å². The second-order valence-electron chi connectivity index (χ2n) is 21.3. The van der Waals surface area contributed by atoms with E-state index >= 15 is 0 Å². The molecule has 0 spiro atoms. The molecule has 0 saturated carbocycles. The van der Waals surface area contributed by atoms with Crippen molar-refractivity contribution in [2.24, 2.45) is 0 Å². The first-order valence-corrected chi connectivity index (χ1v) is 31.9. The van der Waals surface area contributed by atoms with Gasteiger partial charge in [-0.2, -0.15) is 0 Å². The zero-order valence-corrected chi connectivity index (χ0v) is 49.1. The van der Waals surface area contributed by atoms with Crippen molar-refractivity contribution < 1.29 is 28.6 Å². The molecular weight excluding hydrogens is 913 g/mol. The van der Waals surface area contributed by atoms with Crippen LogP contribution in [0.15, 0.2) is 72.9 Å². The van der Waals surface area contributed by atoms with E-state index in [1.807, 2.05) is 0 Å². The fraction of sp³-hybridized carbons (Fsp3) is 0.779. The van der Waals surface area contributed by atoms with Gasteiger partial charge < -0.3 is 14.2 Å². The lowest BCUT2D eigenvalue weighted by Crippen LogP contribution is -2.30. The molecule has 0 aliphatic rings. The Morgan fingerprint density at radius 3 is 0.824 bits per heavy atom. The highest BCUT2D eigenvalue weighted by Crippen LogP contribution is 2.17. The number of carbonyl (C=O) groups excluding carboxylic acids is 3. The van der Waals surface area contributed by atoms with Crippen LogP contribution in [0, 0.1) is 0 Å². The summed E-state index contributed by atoms with van der Waals surface area (Å²) in [5.74, 6) is -0.876. The van der Waals surface area contributed by atoms with Gasteiger partial charge in [0.05, 0.1) is 0 Å². The third kappa shape index (κ3) is 59.7. The molecule has 0 radical (unpaired) electrons. The van der Waals surface area contributed by atoms with Gasteiger partial charge in [-0.15, -0.1) is 0 Å². The number of hydrogen-bond acceptors (Lipinski definition) is 6. The summed E-state index contributed by atoms with van der Waals surface area (Å²) in [5, 5.41) is 0. The molecule has 0 aliphatic carbocycles. The molecule has 1 atom stereocenters. The summed E-state index contributed by atoms with van der Waals surface area (Å²) in [4.78, 5) is 38.2. The summed E-state index contributed by atoms with van der Waals surface area (Å²) in [6, 6.07) is 0. The predicted octanol–water partition coefficient (Wildman–Crippen LogP) is 21.7. The van der Waals surface area contributed by atoms with Gasteiger partial charge in [-0.25, -0.2) is 0 Å². The zero-order chi connectivity index (χ0) is 53.6. The first-order chi connectivity index (χ1) is 36.5. The molecule has 0 aliphatic heterocycles. The summed E-state index contributed by atoms with van der Waals surface area (Å²) in [5.41, 5.74) is 0. The standard InChI is InChI=1S/C68H120O6/c1-4-7-10-13-16-19-22-24-26-28-29-30-31-32-33-34-35-36-37-38-39-41-42-44-46-49-52-55-58-61-67(70)73-64-65(63-72-66(69)60-57-54-51-48-21-18-15-12-9-6-3)74-68(71)62-59-56-53-50-47-45-43-40-27-25-23-20-17-14-11-8-5-2/h8,11,17,20,22,24-25,27-29,31-32,65H,4-7,9-10,12-16,18-19,21,23,26,30,33-64H2,1-3H3/b11-8-,20-17-,24-22-,27-25-,29-28-,32-31-. The molecule has 6 nitrogen and oxygen atoms in total.